The van der Waals surface area contributed by atoms with Crippen LogP contribution < -0.4 is 16.6 Å². The van der Waals surface area contributed by atoms with Gasteiger partial charge in [-0.25, -0.2) is 9.18 Å². The fourth-order valence-electron chi connectivity index (χ4n) is 3.32. The largest absolute Gasteiger partial charge is 0.332 e. The summed E-state index contributed by atoms with van der Waals surface area (Å²) in [5.74, 6) is -0.903. The van der Waals surface area contributed by atoms with Crippen molar-refractivity contribution in [3.63, 3.8) is 0 Å². The first-order chi connectivity index (χ1) is 15.0. The zero-order valence-corrected chi connectivity index (χ0v) is 16.8. The van der Waals surface area contributed by atoms with Crippen molar-refractivity contribution < 1.29 is 9.18 Å². The number of rotatable bonds is 6. The number of fused-ring (bicyclic) bond motifs is 1. The van der Waals surface area contributed by atoms with Gasteiger partial charge in [0.05, 0.1) is 12.1 Å². The predicted molar refractivity (Wildman–Crippen MR) is 115 cm³/mol. The zero-order chi connectivity index (χ0) is 22.0. The topological polar surface area (TPSA) is 90.9 Å². The van der Waals surface area contributed by atoms with E-state index in [1.165, 1.54) is 28.8 Å². The normalized spacial score (nSPS) is 11.0. The van der Waals surface area contributed by atoms with Gasteiger partial charge in [0.25, 0.3) is 5.56 Å². The van der Waals surface area contributed by atoms with E-state index in [1.54, 1.807) is 10.9 Å². The Labute approximate surface area is 176 Å². The molecule has 1 amide bonds. The summed E-state index contributed by atoms with van der Waals surface area (Å²) in [7, 11) is 0. The van der Waals surface area contributed by atoms with Crippen LogP contribution in [0.4, 0.5) is 10.1 Å². The number of hydrogen-bond acceptors (Lipinski definition) is 4. The molecule has 8 nitrogen and oxygen atoms in total. The summed E-state index contributed by atoms with van der Waals surface area (Å²) in [4.78, 5) is 38.8. The number of carbonyl (C=O) groups excluding carboxylic acids is 1. The standard InChI is InChI=1S/C22H20FN5O3/c1-2-26-13-18-20(25-26)21(30)28(12-15-6-4-3-5-7-15)22(31)27(18)14-19(29)24-17-10-8-16(23)9-11-17/h3-11,13H,2,12,14H2,1H3,(H,24,29). The van der Waals surface area contributed by atoms with Crippen molar-refractivity contribution >= 4 is 22.6 Å². The van der Waals surface area contributed by atoms with Crippen LogP contribution in [0.2, 0.25) is 0 Å². The minimum absolute atomic E-state index is 0.0625. The lowest BCUT2D eigenvalue weighted by Gasteiger charge is -2.12. The molecular formula is C22H20FN5O3. The van der Waals surface area contributed by atoms with E-state index in [1.807, 2.05) is 37.3 Å². The number of aryl methyl sites for hydroxylation is 1. The van der Waals surface area contributed by atoms with Gasteiger partial charge >= 0.3 is 5.69 Å². The Morgan fingerprint density at radius 1 is 1.03 bits per heavy atom. The molecule has 2 aromatic carbocycles. The van der Waals surface area contributed by atoms with E-state index in [2.05, 4.69) is 10.4 Å². The average Bonchev–Trinajstić information content (AvgIpc) is 3.21. The van der Waals surface area contributed by atoms with Gasteiger partial charge in [0, 0.05) is 18.4 Å². The van der Waals surface area contributed by atoms with Crippen molar-refractivity contribution in [1.29, 1.82) is 0 Å². The Morgan fingerprint density at radius 3 is 2.42 bits per heavy atom. The van der Waals surface area contributed by atoms with E-state index in [0.29, 0.717) is 12.2 Å². The van der Waals surface area contributed by atoms with Crippen LogP contribution in [0.1, 0.15) is 12.5 Å². The number of aromatic nitrogens is 4. The highest BCUT2D eigenvalue weighted by molar-refractivity contribution is 5.91. The van der Waals surface area contributed by atoms with E-state index in [-0.39, 0.29) is 24.1 Å². The van der Waals surface area contributed by atoms with E-state index in [4.69, 9.17) is 0 Å². The molecule has 0 bridgehead atoms. The second kappa shape index (κ2) is 8.39. The third-order valence-corrected chi connectivity index (χ3v) is 4.88. The second-order valence-electron chi connectivity index (χ2n) is 7.02. The Balaban J connectivity index is 1.76. The Kier molecular flexibility index (Phi) is 5.48. The lowest BCUT2D eigenvalue weighted by atomic mass is 10.2. The lowest BCUT2D eigenvalue weighted by molar-refractivity contribution is -0.116. The first kappa shape index (κ1) is 20.3. The summed E-state index contributed by atoms with van der Waals surface area (Å²) in [5.41, 5.74) is 0.468. The molecule has 31 heavy (non-hydrogen) atoms. The number of anilines is 1. The Morgan fingerprint density at radius 2 is 1.74 bits per heavy atom. The predicted octanol–water partition coefficient (Wildman–Crippen LogP) is 2.21. The van der Waals surface area contributed by atoms with Gasteiger partial charge in [-0.3, -0.25) is 23.4 Å². The Hall–Kier alpha value is -4.01. The highest BCUT2D eigenvalue weighted by Gasteiger charge is 2.18. The van der Waals surface area contributed by atoms with Crippen molar-refractivity contribution in [2.45, 2.75) is 26.6 Å². The molecule has 0 aliphatic heterocycles. The highest BCUT2D eigenvalue weighted by atomic mass is 19.1. The molecule has 158 valence electrons. The summed E-state index contributed by atoms with van der Waals surface area (Å²) in [6.45, 7) is 2.10. The van der Waals surface area contributed by atoms with Gasteiger partial charge in [0.15, 0.2) is 5.52 Å². The molecule has 0 atom stereocenters. The molecule has 4 aromatic rings. The first-order valence-corrected chi connectivity index (χ1v) is 9.76. The quantitative estimate of drug-likeness (QED) is 0.517. The second-order valence-corrected chi connectivity index (χ2v) is 7.02. The van der Waals surface area contributed by atoms with Crippen molar-refractivity contribution in [2.75, 3.05) is 5.32 Å². The molecular weight excluding hydrogens is 401 g/mol. The average molecular weight is 421 g/mol. The number of nitrogens with zero attached hydrogens (tertiary/aromatic N) is 4. The van der Waals surface area contributed by atoms with Crippen LogP contribution in [0.3, 0.4) is 0 Å². The first-order valence-electron chi connectivity index (χ1n) is 9.76. The van der Waals surface area contributed by atoms with Crippen molar-refractivity contribution in [1.82, 2.24) is 18.9 Å². The van der Waals surface area contributed by atoms with E-state index >= 15 is 0 Å². The van der Waals surface area contributed by atoms with Crippen molar-refractivity contribution in [3.05, 3.63) is 93.0 Å². The van der Waals surface area contributed by atoms with Gasteiger partial charge < -0.3 is 5.32 Å². The van der Waals surface area contributed by atoms with E-state index in [0.717, 1.165) is 10.1 Å². The molecule has 0 saturated heterocycles. The number of benzene rings is 2. The number of carbonyl (C=O) groups is 1. The monoisotopic (exact) mass is 421 g/mol. The SMILES string of the molecule is CCn1cc2c(n1)c(=O)n(Cc1ccccc1)c(=O)n2CC(=O)Nc1ccc(F)cc1. The molecule has 0 unspecified atom stereocenters. The maximum atomic E-state index is 13.2. The summed E-state index contributed by atoms with van der Waals surface area (Å²) in [5, 5.41) is 6.92. The van der Waals surface area contributed by atoms with E-state index in [9.17, 15) is 18.8 Å². The summed E-state index contributed by atoms with van der Waals surface area (Å²) >= 11 is 0. The van der Waals surface area contributed by atoms with Crippen LogP contribution in [0, 0.1) is 5.82 Å². The van der Waals surface area contributed by atoms with Crippen LogP contribution in [0.25, 0.3) is 11.0 Å². The summed E-state index contributed by atoms with van der Waals surface area (Å²) < 4.78 is 17.0. The number of halogens is 1. The molecule has 0 aliphatic rings. The summed E-state index contributed by atoms with van der Waals surface area (Å²) in [6, 6.07) is 14.4. The number of nitrogens with one attached hydrogen (secondary N) is 1. The lowest BCUT2D eigenvalue weighted by Crippen LogP contribution is -2.41. The fourth-order valence-corrected chi connectivity index (χ4v) is 3.32. The molecule has 4 rings (SSSR count). The minimum atomic E-state index is -0.605. The molecule has 0 saturated carbocycles. The molecule has 0 fully saturated rings. The fraction of sp³-hybridized carbons (Fsp3) is 0.182. The van der Waals surface area contributed by atoms with Gasteiger partial charge in [-0.15, -0.1) is 0 Å². The van der Waals surface area contributed by atoms with Crippen molar-refractivity contribution in [2.24, 2.45) is 0 Å². The van der Waals surface area contributed by atoms with Crippen LogP contribution in [-0.4, -0.2) is 24.8 Å². The number of hydrogen-bond donors (Lipinski definition) is 1. The molecule has 2 aromatic heterocycles. The molecule has 0 aliphatic carbocycles. The molecule has 1 N–H and O–H groups in total. The molecule has 0 radical (unpaired) electrons. The van der Waals surface area contributed by atoms with Crippen LogP contribution in [0.5, 0.6) is 0 Å². The van der Waals surface area contributed by atoms with Gasteiger partial charge in [0.1, 0.15) is 12.4 Å². The maximum absolute atomic E-state index is 13.2. The molecule has 2 heterocycles. The van der Waals surface area contributed by atoms with Crippen LogP contribution >= 0.6 is 0 Å². The zero-order valence-electron chi connectivity index (χ0n) is 16.8. The Bertz CT molecular complexity index is 1350. The smallest absolute Gasteiger partial charge is 0.325 e. The van der Waals surface area contributed by atoms with Crippen LogP contribution in [0.15, 0.2) is 70.4 Å². The molecule has 0 spiro atoms. The summed E-state index contributed by atoms with van der Waals surface area (Å²) in [6.07, 6.45) is 1.58. The third kappa shape index (κ3) is 4.16. The number of amides is 1. The third-order valence-electron chi connectivity index (χ3n) is 4.88. The maximum Gasteiger partial charge on any atom is 0.332 e. The van der Waals surface area contributed by atoms with Crippen LogP contribution in [-0.2, 0) is 24.4 Å². The van der Waals surface area contributed by atoms with Gasteiger partial charge in [-0.05, 0) is 36.8 Å². The van der Waals surface area contributed by atoms with E-state index < -0.39 is 23.0 Å². The minimum Gasteiger partial charge on any atom is -0.325 e. The van der Waals surface area contributed by atoms with Gasteiger partial charge in [-0.2, -0.15) is 5.10 Å². The van der Waals surface area contributed by atoms with Gasteiger partial charge in [0.2, 0.25) is 5.91 Å². The van der Waals surface area contributed by atoms with Gasteiger partial charge in [-0.1, -0.05) is 30.3 Å². The molecule has 9 heteroatoms. The highest BCUT2D eigenvalue weighted by Crippen LogP contribution is 2.10. The van der Waals surface area contributed by atoms with Crippen molar-refractivity contribution in [3.8, 4) is 0 Å².